The number of benzene rings is 2. The van der Waals surface area contributed by atoms with Crippen molar-refractivity contribution in [1.82, 2.24) is 0 Å². The summed E-state index contributed by atoms with van der Waals surface area (Å²) < 4.78 is 121. The number of halogens is 9. The van der Waals surface area contributed by atoms with Crippen molar-refractivity contribution in [3.05, 3.63) is 64.2 Å². The van der Waals surface area contributed by atoms with Gasteiger partial charge in [0, 0.05) is 6.07 Å². The summed E-state index contributed by atoms with van der Waals surface area (Å²) in [6.45, 7) is -1.24. The number of carbonyl (C=O) groups excluding carboxylic acids is 1. The van der Waals surface area contributed by atoms with Crippen LogP contribution in [0.5, 0.6) is 5.75 Å². The van der Waals surface area contributed by atoms with Gasteiger partial charge < -0.3 is 4.74 Å². The highest BCUT2D eigenvalue weighted by molar-refractivity contribution is 6.00. The molecule has 0 radical (unpaired) electrons. The standard InChI is InChI=1S/C15H5F9O2/c16-8-3-5(1-2-6(8)14(25)15(22,23)24)26-4-7-9(17)11(19)13(21)12(20)10(7)18/h1-3H,4H2. The maximum absolute atomic E-state index is 13.6. The van der Waals surface area contributed by atoms with Crippen LogP contribution in [0.4, 0.5) is 39.5 Å². The molecule has 0 aromatic heterocycles. The SMILES string of the molecule is O=C(c1ccc(OCc2c(F)c(F)c(F)c(F)c2F)cc1F)C(F)(F)F. The molecule has 140 valence electrons. The maximum Gasteiger partial charge on any atom is 0.454 e. The molecule has 0 aliphatic heterocycles. The van der Waals surface area contributed by atoms with E-state index in [1.165, 1.54) is 0 Å². The lowest BCUT2D eigenvalue weighted by molar-refractivity contribution is -0.0887. The normalized spacial score (nSPS) is 11.6. The molecule has 0 amide bonds. The Balaban J connectivity index is 2.27. The van der Waals surface area contributed by atoms with Gasteiger partial charge in [-0.15, -0.1) is 0 Å². The fraction of sp³-hybridized carbons (Fsp3) is 0.133. The van der Waals surface area contributed by atoms with Crippen LogP contribution < -0.4 is 4.74 Å². The Bertz CT molecular complexity index is 845. The van der Waals surface area contributed by atoms with Crippen molar-refractivity contribution in [3.63, 3.8) is 0 Å². The van der Waals surface area contributed by atoms with E-state index in [2.05, 4.69) is 4.74 Å². The summed E-state index contributed by atoms with van der Waals surface area (Å²) >= 11 is 0. The van der Waals surface area contributed by atoms with Gasteiger partial charge in [-0.25, -0.2) is 26.3 Å². The summed E-state index contributed by atoms with van der Waals surface area (Å²) in [7, 11) is 0. The molecule has 2 aromatic rings. The van der Waals surface area contributed by atoms with E-state index in [-0.39, 0.29) is 0 Å². The molecule has 2 aromatic carbocycles. The predicted molar refractivity (Wildman–Crippen MR) is 67.3 cm³/mol. The summed E-state index contributed by atoms with van der Waals surface area (Å²) in [5.41, 5.74) is -2.70. The molecule has 0 aliphatic rings. The van der Waals surface area contributed by atoms with Gasteiger partial charge in [0.25, 0.3) is 5.78 Å². The van der Waals surface area contributed by atoms with Crippen molar-refractivity contribution in [1.29, 1.82) is 0 Å². The highest BCUT2D eigenvalue weighted by Gasteiger charge is 2.40. The lowest BCUT2D eigenvalue weighted by Crippen LogP contribution is -2.23. The minimum atomic E-state index is -5.33. The number of ketones is 1. The molecule has 26 heavy (non-hydrogen) atoms. The molecule has 2 nitrogen and oxygen atoms in total. The second kappa shape index (κ2) is 6.89. The number of hydrogen-bond donors (Lipinski definition) is 0. The van der Waals surface area contributed by atoms with Gasteiger partial charge in [0.05, 0.1) is 11.1 Å². The van der Waals surface area contributed by atoms with E-state index < -0.39 is 70.3 Å². The van der Waals surface area contributed by atoms with Crippen LogP contribution in [0, 0.1) is 34.9 Å². The van der Waals surface area contributed by atoms with Gasteiger partial charge in [-0.3, -0.25) is 4.79 Å². The average molecular weight is 388 g/mol. The van der Waals surface area contributed by atoms with E-state index in [1.807, 2.05) is 0 Å². The third kappa shape index (κ3) is 3.60. The van der Waals surface area contributed by atoms with Gasteiger partial charge in [0.15, 0.2) is 23.3 Å². The van der Waals surface area contributed by atoms with Gasteiger partial charge in [-0.1, -0.05) is 0 Å². The van der Waals surface area contributed by atoms with Gasteiger partial charge in [0.1, 0.15) is 18.2 Å². The molecule has 0 saturated heterocycles. The first kappa shape index (κ1) is 19.6. The summed E-state index contributed by atoms with van der Waals surface area (Å²) in [6.07, 6.45) is -5.33. The van der Waals surface area contributed by atoms with Crippen molar-refractivity contribution >= 4 is 5.78 Å². The molecular weight excluding hydrogens is 383 g/mol. The van der Waals surface area contributed by atoms with Gasteiger partial charge in [0.2, 0.25) is 5.82 Å². The Hall–Kier alpha value is -2.72. The number of rotatable bonds is 4. The van der Waals surface area contributed by atoms with Gasteiger partial charge in [-0.2, -0.15) is 13.2 Å². The first-order chi connectivity index (χ1) is 11.9. The second-order valence-electron chi connectivity index (χ2n) is 4.81. The Labute approximate surface area is 138 Å². The highest BCUT2D eigenvalue weighted by atomic mass is 19.4. The molecule has 0 heterocycles. The van der Waals surface area contributed by atoms with Crippen LogP contribution in [0.25, 0.3) is 0 Å². The number of alkyl halides is 3. The molecule has 0 saturated carbocycles. The molecule has 0 spiro atoms. The molecule has 0 bridgehead atoms. The van der Waals surface area contributed by atoms with Crippen LogP contribution in [0.2, 0.25) is 0 Å². The van der Waals surface area contributed by atoms with Crippen molar-refractivity contribution in [2.45, 2.75) is 12.8 Å². The molecule has 2 rings (SSSR count). The highest BCUT2D eigenvalue weighted by Crippen LogP contribution is 2.27. The third-order valence-corrected chi connectivity index (χ3v) is 3.13. The van der Waals surface area contributed by atoms with Crippen LogP contribution in [-0.2, 0) is 6.61 Å². The topological polar surface area (TPSA) is 26.3 Å². The number of Topliss-reactive ketones (excluding diaryl/α,β-unsaturated/α-hetero) is 1. The summed E-state index contributed by atoms with van der Waals surface area (Å²) in [5, 5.41) is 0. The zero-order valence-corrected chi connectivity index (χ0v) is 12.2. The van der Waals surface area contributed by atoms with E-state index >= 15 is 0 Å². The van der Waals surface area contributed by atoms with Crippen LogP contribution in [0.15, 0.2) is 18.2 Å². The van der Waals surface area contributed by atoms with Crippen LogP contribution in [0.1, 0.15) is 15.9 Å². The van der Waals surface area contributed by atoms with Crippen molar-refractivity contribution in [2.24, 2.45) is 0 Å². The quantitative estimate of drug-likeness (QED) is 0.324. The first-order valence-electron chi connectivity index (χ1n) is 6.49. The zero-order valence-electron chi connectivity index (χ0n) is 12.2. The van der Waals surface area contributed by atoms with Gasteiger partial charge in [-0.05, 0) is 12.1 Å². The predicted octanol–water partition coefficient (Wildman–Crippen LogP) is 4.85. The van der Waals surface area contributed by atoms with Crippen molar-refractivity contribution in [3.8, 4) is 5.75 Å². The average Bonchev–Trinajstić information content (AvgIpc) is 2.57. The summed E-state index contributed by atoms with van der Waals surface area (Å²) in [5.74, 6) is -15.9. The molecule has 0 aliphatic carbocycles. The fourth-order valence-corrected chi connectivity index (χ4v) is 1.86. The molecular formula is C15H5F9O2. The number of hydrogen-bond acceptors (Lipinski definition) is 2. The molecule has 11 heteroatoms. The lowest BCUT2D eigenvalue weighted by atomic mass is 10.1. The van der Waals surface area contributed by atoms with Gasteiger partial charge >= 0.3 is 6.18 Å². The van der Waals surface area contributed by atoms with Crippen LogP contribution in [0.3, 0.4) is 0 Å². The minimum Gasteiger partial charge on any atom is -0.489 e. The van der Waals surface area contributed by atoms with E-state index in [0.29, 0.717) is 18.2 Å². The molecule has 0 atom stereocenters. The first-order valence-corrected chi connectivity index (χ1v) is 6.49. The smallest absolute Gasteiger partial charge is 0.454 e. The van der Waals surface area contributed by atoms with Crippen LogP contribution >= 0.6 is 0 Å². The number of carbonyl (C=O) groups is 1. The van der Waals surface area contributed by atoms with E-state index in [1.54, 1.807) is 0 Å². The fourth-order valence-electron chi connectivity index (χ4n) is 1.86. The van der Waals surface area contributed by atoms with Crippen molar-refractivity contribution in [2.75, 3.05) is 0 Å². The summed E-state index contributed by atoms with van der Waals surface area (Å²) in [4.78, 5) is 11.0. The van der Waals surface area contributed by atoms with Crippen LogP contribution in [-0.4, -0.2) is 12.0 Å². The second-order valence-corrected chi connectivity index (χ2v) is 4.81. The zero-order chi connectivity index (χ0) is 19.8. The third-order valence-electron chi connectivity index (χ3n) is 3.13. The van der Waals surface area contributed by atoms with E-state index in [9.17, 15) is 44.3 Å². The Morgan fingerprint density at radius 1 is 0.846 bits per heavy atom. The van der Waals surface area contributed by atoms with E-state index in [4.69, 9.17) is 0 Å². The van der Waals surface area contributed by atoms with Crippen molar-refractivity contribution < 1.29 is 49.0 Å². The molecule has 0 N–H and O–H groups in total. The maximum atomic E-state index is 13.6. The minimum absolute atomic E-state index is 0.297. The Morgan fingerprint density at radius 3 is 1.81 bits per heavy atom. The Kier molecular flexibility index (Phi) is 5.19. The monoisotopic (exact) mass is 388 g/mol. The lowest BCUT2D eigenvalue weighted by Gasteiger charge is -2.11. The van der Waals surface area contributed by atoms with E-state index in [0.717, 1.165) is 0 Å². The molecule has 0 fully saturated rings. The largest absolute Gasteiger partial charge is 0.489 e. The summed E-state index contributed by atoms with van der Waals surface area (Å²) in [6, 6.07) is 1.36. The Morgan fingerprint density at radius 2 is 1.35 bits per heavy atom. The molecule has 0 unspecified atom stereocenters. The number of ether oxygens (including phenoxy) is 1.